The number of hydrogen-bond acceptors (Lipinski definition) is 3. The lowest BCUT2D eigenvalue weighted by atomic mass is 9.81. The van der Waals surface area contributed by atoms with Gasteiger partial charge < -0.3 is 10.6 Å². The molecule has 2 heterocycles. The summed E-state index contributed by atoms with van der Waals surface area (Å²) >= 11 is 0. The van der Waals surface area contributed by atoms with E-state index in [4.69, 9.17) is 5.26 Å². The van der Waals surface area contributed by atoms with Gasteiger partial charge in [-0.25, -0.2) is 4.79 Å². The number of anilines is 1. The molecule has 0 radical (unpaired) electrons. The fourth-order valence-electron chi connectivity index (χ4n) is 4.49. The molecule has 24 heavy (non-hydrogen) atoms. The average Bonchev–Trinajstić information content (AvgIpc) is 3.39. The van der Waals surface area contributed by atoms with Crippen LogP contribution in [0.2, 0.25) is 0 Å². The number of fused-ring (bicyclic) bond motifs is 2. The molecular weight excluding hydrogens is 300 g/mol. The third-order valence-electron chi connectivity index (χ3n) is 5.61. The van der Waals surface area contributed by atoms with Crippen molar-refractivity contribution in [2.45, 2.75) is 69.1 Å². The number of carbonyl (C=O) groups excluding carboxylic acids is 1. The molecule has 0 aromatic heterocycles. The summed E-state index contributed by atoms with van der Waals surface area (Å²) in [5.41, 5.74) is 1.32. The van der Waals surface area contributed by atoms with Crippen LogP contribution in [0.4, 0.5) is 10.5 Å². The zero-order chi connectivity index (χ0) is 16.5. The van der Waals surface area contributed by atoms with Crippen molar-refractivity contribution in [2.24, 2.45) is 0 Å². The molecule has 126 valence electrons. The van der Waals surface area contributed by atoms with Crippen LogP contribution in [-0.2, 0) is 0 Å². The molecule has 1 aliphatic carbocycles. The first-order valence-electron chi connectivity index (χ1n) is 9.08. The molecule has 5 nitrogen and oxygen atoms in total. The van der Waals surface area contributed by atoms with Crippen LogP contribution in [0.25, 0.3) is 0 Å². The zero-order valence-corrected chi connectivity index (χ0v) is 13.9. The Bertz CT molecular complexity index is 632. The van der Waals surface area contributed by atoms with Gasteiger partial charge in [0.2, 0.25) is 0 Å². The summed E-state index contributed by atoms with van der Waals surface area (Å²) in [6, 6.07) is 11.3. The number of nitriles is 1. The molecule has 2 aliphatic heterocycles. The molecular formula is C19H24N4O. The minimum atomic E-state index is -0.136. The highest BCUT2D eigenvalue weighted by Crippen LogP contribution is 2.41. The second-order valence-corrected chi connectivity index (χ2v) is 7.37. The summed E-state index contributed by atoms with van der Waals surface area (Å²) in [7, 11) is 0. The molecule has 5 heteroatoms. The lowest BCUT2D eigenvalue weighted by Crippen LogP contribution is -2.58. The van der Waals surface area contributed by atoms with E-state index in [0.29, 0.717) is 17.6 Å². The Hall–Kier alpha value is -2.06. The average molecular weight is 324 g/mol. The Morgan fingerprint density at radius 3 is 2.29 bits per heavy atom. The van der Waals surface area contributed by atoms with E-state index in [0.717, 1.165) is 24.6 Å². The highest BCUT2D eigenvalue weighted by Gasteiger charge is 2.45. The van der Waals surface area contributed by atoms with E-state index in [-0.39, 0.29) is 12.1 Å². The number of hydrogen-bond donors (Lipinski definition) is 2. The Labute approximate surface area is 143 Å². The summed E-state index contributed by atoms with van der Waals surface area (Å²) in [5, 5.41) is 14.9. The molecule has 3 aliphatic rings. The molecule has 1 aromatic rings. The number of piperidine rings is 2. The van der Waals surface area contributed by atoms with Gasteiger partial charge in [-0.3, -0.25) is 4.90 Å². The first-order chi connectivity index (χ1) is 11.7. The predicted molar refractivity (Wildman–Crippen MR) is 92.6 cm³/mol. The minimum Gasteiger partial charge on any atom is -0.335 e. The molecule has 3 atom stereocenters. The summed E-state index contributed by atoms with van der Waals surface area (Å²) in [6.45, 7) is 0. The van der Waals surface area contributed by atoms with Gasteiger partial charge in [-0.1, -0.05) is 6.42 Å². The SMILES string of the molecule is N#Cc1ccc(NC(=O)NC2C[C@H]3CCC[C@@H](C2)N3C2CC2)cc1. The summed E-state index contributed by atoms with van der Waals surface area (Å²) in [6.07, 6.45) is 8.78. The molecule has 2 saturated heterocycles. The Morgan fingerprint density at radius 1 is 1.04 bits per heavy atom. The monoisotopic (exact) mass is 324 g/mol. The largest absolute Gasteiger partial charge is 0.335 e. The van der Waals surface area contributed by atoms with Gasteiger partial charge in [0.1, 0.15) is 0 Å². The Kier molecular flexibility index (Phi) is 4.15. The van der Waals surface area contributed by atoms with E-state index in [1.165, 1.54) is 32.1 Å². The number of rotatable bonds is 3. The minimum absolute atomic E-state index is 0.136. The van der Waals surface area contributed by atoms with E-state index >= 15 is 0 Å². The lowest BCUT2D eigenvalue weighted by molar-refractivity contribution is 0.0198. The summed E-state index contributed by atoms with van der Waals surface area (Å²) in [4.78, 5) is 15.0. The third-order valence-corrected chi connectivity index (χ3v) is 5.61. The van der Waals surface area contributed by atoms with Crippen LogP contribution >= 0.6 is 0 Å². The molecule has 2 N–H and O–H groups in total. The zero-order valence-electron chi connectivity index (χ0n) is 13.9. The van der Waals surface area contributed by atoms with Crippen LogP contribution in [0, 0.1) is 11.3 Å². The fraction of sp³-hybridized carbons (Fsp3) is 0.579. The smallest absolute Gasteiger partial charge is 0.319 e. The van der Waals surface area contributed by atoms with Crippen molar-refractivity contribution in [2.75, 3.05) is 5.32 Å². The van der Waals surface area contributed by atoms with Crippen LogP contribution in [0.3, 0.4) is 0 Å². The van der Waals surface area contributed by atoms with E-state index in [9.17, 15) is 4.79 Å². The standard InChI is InChI=1S/C19H24N4O/c20-12-13-4-6-14(7-5-13)21-19(24)22-15-10-17-2-1-3-18(11-15)23(17)16-8-9-16/h4-7,15-18H,1-3,8-11H2,(H2,21,22,24)/t15?,17-,18+. The van der Waals surface area contributed by atoms with Gasteiger partial charge in [0.05, 0.1) is 11.6 Å². The van der Waals surface area contributed by atoms with Crippen LogP contribution in [0.15, 0.2) is 24.3 Å². The summed E-state index contributed by atoms with van der Waals surface area (Å²) in [5.74, 6) is 0. The Balaban J connectivity index is 1.33. The highest BCUT2D eigenvalue weighted by molar-refractivity contribution is 5.89. The van der Waals surface area contributed by atoms with Crippen LogP contribution in [0.1, 0.15) is 50.5 Å². The van der Waals surface area contributed by atoms with Crippen molar-refractivity contribution in [3.8, 4) is 6.07 Å². The van der Waals surface area contributed by atoms with E-state index in [1.54, 1.807) is 24.3 Å². The number of urea groups is 1. The molecule has 2 bridgehead atoms. The van der Waals surface area contributed by atoms with Crippen molar-refractivity contribution in [3.05, 3.63) is 29.8 Å². The number of benzene rings is 1. The Morgan fingerprint density at radius 2 is 1.71 bits per heavy atom. The third kappa shape index (κ3) is 3.25. The van der Waals surface area contributed by atoms with Crippen molar-refractivity contribution in [1.29, 1.82) is 5.26 Å². The van der Waals surface area contributed by atoms with E-state index < -0.39 is 0 Å². The molecule has 0 spiro atoms. The maximum atomic E-state index is 12.3. The van der Waals surface area contributed by atoms with E-state index in [2.05, 4.69) is 21.6 Å². The number of nitrogens with one attached hydrogen (secondary N) is 2. The first-order valence-corrected chi connectivity index (χ1v) is 9.08. The highest BCUT2D eigenvalue weighted by atomic mass is 16.2. The number of amides is 2. The predicted octanol–water partition coefficient (Wildman–Crippen LogP) is 3.23. The number of carbonyl (C=O) groups is 1. The second kappa shape index (κ2) is 6.45. The number of nitrogens with zero attached hydrogens (tertiary/aromatic N) is 2. The van der Waals surface area contributed by atoms with E-state index in [1.807, 2.05) is 0 Å². The van der Waals surface area contributed by atoms with Gasteiger partial charge in [-0.2, -0.15) is 5.26 Å². The van der Waals surface area contributed by atoms with Gasteiger partial charge in [0.25, 0.3) is 0 Å². The topological polar surface area (TPSA) is 68.2 Å². The maximum Gasteiger partial charge on any atom is 0.319 e. The molecule has 1 unspecified atom stereocenters. The quantitative estimate of drug-likeness (QED) is 0.897. The fourth-order valence-corrected chi connectivity index (χ4v) is 4.49. The van der Waals surface area contributed by atoms with Gasteiger partial charge in [0, 0.05) is 29.9 Å². The van der Waals surface area contributed by atoms with Crippen molar-refractivity contribution in [1.82, 2.24) is 10.2 Å². The molecule has 3 fully saturated rings. The molecule has 2 amide bonds. The van der Waals surface area contributed by atoms with Crippen LogP contribution in [0.5, 0.6) is 0 Å². The summed E-state index contributed by atoms with van der Waals surface area (Å²) < 4.78 is 0. The lowest BCUT2D eigenvalue weighted by Gasteiger charge is -2.49. The molecule has 1 aromatic carbocycles. The first kappa shape index (κ1) is 15.5. The van der Waals surface area contributed by atoms with Gasteiger partial charge in [-0.05, 0) is 62.8 Å². The second-order valence-electron chi connectivity index (χ2n) is 7.37. The van der Waals surface area contributed by atoms with Crippen LogP contribution in [-0.4, -0.2) is 35.1 Å². The normalized spacial score (nSPS) is 29.5. The maximum absolute atomic E-state index is 12.3. The molecule has 4 rings (SSSR count). The molecule has 1 saturated carbocycles. The van der Waals surface area contributed by atoms with Gasteiger partial charge in [-0.15, -0.1) is 0 Å². The van der Waals surface area contributed by atoms with Gasteiger partial charge in [0.15, 0.2) is 0 Å². The van der Waals surface area contributed by atoms with Crippen LogP contribution < -0.4 is 10.6 Å². The van der Waals surface area contributed by atoms with Crippen molar-refractivity contribution in [3.63, 3.8) is 0 Å². The van der Waals surface area contributed by atoms with Crippen molar-refractivity contribution >= 4 is 11.7 Å². The van der Waals surface area contributed by atoms with Gasteiger partial charge >= 0.3 is 6.03 Å². The van der Waals surface area contributed by atoms with Crippen molar-refractivity contribution < 1.29 is 4.79 Å².